The number of amides is 4. The van der Waals surface area contributed by atoms with Crippen molar-refractivity contribution in [1.29, 1.82) is 0 Å². The molecule has 1 saturated heterocycles. The van der Waals surface area contributed by atoms with E-state index in [0.717, 1.165) is 42.4 Å². The molecule has 3 saturated carbocycles. The minimum absolute atomic E-state index is 0.0237. The summed E-state index contributed by atoms with van der Waals surface area (Å²) >= 11 is 0. The molecule has 3 aliphatic carbocycles. The van der Waals surface area contributed by atoms with E-state index in [-0.39, 0.29) is 25.5 Å². The lowest BCUT2D eigenvalue weighted by molar-refractivity contribution is -0.143. The summed E-state index contributed by atoms with van der Waals surface area (Å²) in [6, 6.07) is 9.21. The Balaban J connectivity index is 1.31. The lowest BCUT2D eigenvalue weighted by Gasteiger charge is -2.36. The molecule has 52 heavy (non-hydrogen) atoms. The van der Waals surface area contributed by atoms with Crippen molar-refractivity contribution in [2.75, 3.05) is 13.7 Å². The Labute approximate surface area is 305 Å². The molecule has 2 heterocycles. The number of benzene rings is 1. The van der Waals surface area contributed by atoms with Crippen molar-refractivity contribution in [2.24, 2.45) is 11.3 Å². The zero-order chi connectivity index (χ0) is 37.5. The fourth-order valence-electron chi connectivity index (χ4n) is 7.47. The summed E-state index contributed by atoms with van der Waals surface area (Å²) in [5.74, 6) is -2.51. The topological polar surface area (TPSA) is 173 Å². The summed E-state index contributed by atoms with van der Waals surface area (Å²) in [6.07, 6.45) is 8.55. The van der Waals surface area contributed by atoms with Crippen molar-refractivity contribution >= 4 is 33.8 Å². The van der Waals surface area contributed by atoms with Gasteiger partial charge in [-0.1, -0.05) is 51.1 Å². The van der Waals surface area contributed by atoms with Gasteiger partial charge in [-0.2, -0.15) is 0 Å². The average Bonchev–Trinajstić information content (AvgIpc) is 4.00. The van der Waals surface area contributed by atoms with Crippen LogP contribution in [0.5, 0.6) is 0 Å². The fourth-order valence-corrected chi connectivity index (χ4v) is 8.83. The number of likely N-dealkylation sites (tertiary alicyclic amines) is 1. The summed E-state index contributed by atoms with van der Waals surface area (Å²) < 4.78 is 39.5. The summed E-state index contributed by atoms with van der Waals surface area (Å²) in [4.78, 5) is 61.3. The summed E-state index contributed by atoms with van der Waals surface area (Å²) in [6.45, 7) is 9.20. The first kappa shape index (κ1) is 37.5. The highest BCUT2D eigenvalue weighted by atomic mass is 32.2. The second kappa shape index (κ2) is 14.3. The molecule has 280 valence electrons. The van der Waals surface area contributed by atoms with Crippen LogP contribution in [0.25, 0.3) is 11.1 Å². The standard InChI is InChI=1S/C38H49N5O8S/c1-6-26-21-38(26,34(46)42-52(48,49)29-15-16-29)41-32(44)30-22-37(50-5,27-13-11-24(12-14-27)25-17-19-39-20-18-25)23-43(30)33(45)31(36(2,3)4)40-35(47)51-28-9-7-8-10-28/h6,11-14,17-20,26,28-31H,1,7-10,15-16,21-23H2,2-5H3,(H,40,47)(H,41,44)(H,42,46)/t26?,30-,31+,37-,38+/m0/s1. The third-order valence-corrected chi connectivity index (χ3v) is 12.7. The zero-order valence-electron chi connectivity index (χ0n) is 30.2. The molecule has 1 unspecified atom stereocenters. The van der Waals surface area contributed by atoms with Crippen molar-refractivity contribution in [3.05, 3.63) is 67.0 Å². The third-order valence-electron chi connectivity index (χ3n) is 10.9. The van der Waals surface area contributed by atoms with E-state index in [1.165, 1.54) is 18.1 Å². The van der Waals surface area contributed by atoms with Gasteiger partial charge in [0.15, 0.2) is 0 Å². The van der Waals surface area contributed by atoms with E-state index in [0.29, 0.717) is 12.8 Å². The maximum Gasteiger partial charge on any atom is 0.408 e. The zero-order valence-corrected chi connectivity index (χ0v) is 31.0. The molecule has 14 heteroatoms. The number of methoxy groups -OCH3 is 1. The molecule has 0 bridgehead atoms. The predicted octanol–water partition coefficient (Wildman–Crippen LogP) is 3.94. The second-order valence-electron chi connectivity index (χ2n) is 15.6. The SMILES string of the molecule is C=CC1C[C@]1(NC(=O)[C@@H]1C[C@@](OC)(c2ccc(-c3ccncc3)cc2)CN1C(=O)[C@@H](NC(=O)OC1CCCC1)C(C)(C)C)C(=O)NS(=O)(=O)C1CC1. The molecular formula is C38H49N5O8S. The number of alkyl carbamates (subject to hydrolysis) is 1. The number of sulfonamides is 1. The third kappa shape index (κ3) is 7.59. The lowest BCUT2D eigenvalue weighted by Crippen LogP contribution is -2.60. The van der Waals surface area contributed by atoms with Crippen molar-refractivity contribution in [3.63, 3.8) is 0 Å². The number of hydrogen-bond acceptors (Lipinski definition) is 9. The van der Waals surface area contributed by atoms with E-state index in [2.05, 4.69) is 26.9 Å². The van der Waals surface area contributed by atoms with Gasteiger partial charge in [-0.25, -0.2) is 13.2 Å². The number of rotatable bonds is 12. The highest BCUT2D eigenvalue weighted by Crippen LogP contribution is 2.47. The Morgan fingerprint density at radius 1 is 0.981 bits per heavy atom. The Bertz CT molecular complexity index is 1800. The quantitative estimate of drug-likeness (QED) is 0.273. The van der Waals surface area contributed by atoms with Crippen LogP contribution in [0.2, 0.25) is 0 Å². The van der Waals surface area contributed by atoms with Crippen molar-refractivity contribution in [3.8, 4) is 11.1 Å². The molecule has 0 spiro atoms. The molecule has 13 nitrogen and oxygen atoms in total. The number of nitrogens with zero attached hydrogens (tertiary/aromatic N) is 2. The highest BCUT2D eigenvalue weighted by Gasteiger charge is 2.62. The van der Waals surface area contributed by atoms with E-state index in [1.54, 1.807) is 12.4 Å². The maximum absolute atomic E-state index is 14.7. The number of pyridine rings is 1. The molecule has 4 amide bonds. The molecule has 6 rings (SSSR count). The first-order chi connectivity index (χ1) is 24.6. The molecule has 4 aliphatic rings. The van der Waals surface area contributed by atoms with Crippen LogP contribution < -0.4 is 15.4 Å². The number of nitrogens with one attached hydrogen (secondary N) is 3. The van der Waals surface area contributed by atoms with Crippen molar-refractivity contribution in [1.82, 2.24) is 25.2 Å². The van der Waals surface area contributed by atoms with E-state index >= 15 is 0 Å². The van der Waals surface area contributed by atoms with Crippen LogP contribution in [0, 0.1) is 11.3 Å². The first-order valence-electron chi connectivity index (χ1n) is 18.0. The number of carbonyl (C=O) groups excluding carboxylic acids is 4. The number of ether oxygens (including phenoxy) is 2. The van der Waals surface area contributed by atoms with Gasteiger partial charge in [0.05, 0.1) is 11.8 Å². The fraction of sp³-hybridized carbons (Fsp3) is 0.553. The van der Waals surface area contributed by atoms with Crippen molar-refractivity contribution in [2.45, 2.75) is 107 Å². The summed E-state index contributed by atoms with van der Waals surface area (Å²) in [5.41, 5.74) is -0.861. The predicted molar refractivity (Wildman–Crippen MR) is 193 cm³/mol. The van der Waals surface area contributed by atoms with Crippen LogP contribution in [-0.4, -0.2) is 84.7 Å². The molecule has 1 aliphatic heterocycles. The van der Waals surface area contributed by atoms with Gasteiger partial charge < -0.3 is 25.0 Å². The van der Waals surface area contributed by atoms with Crippen LogP contribution in [-0.2, 0) is 39.5 Å². The van der Waals surface area contributed by atoms with Gasteiger partial charge in [0.25, 0.3) is 5.91 Å². The van der Waals surface area contributed by atoms with Crippen LogP contribution in [0.3, 0.4) is 0 Å². The smallest absolute Gasteiger partial charge is 0.408 e. The Hall–Kier alpha value is -4.30. The van der Waals surface area contributed by atoms with E-state index in [9.17, 15) is 27.6 Å². The van der Waals surface area contributed by atoms with Gasteiger partial charge in [0.2, 0.25) is 21.8 Å². The Morgan fingerprint density at radius 3 is 2.17 bits per heavy atom. The normalized spacial score (nSPS) is 26.7. The lowest BCUT2D eigenvalue weighted by atomic mass is 9.85. The molecular weight excluding hydrogens is 687 g/mol. The number of hydrogen-bond donors (Lipinski definition) is 3. The van der Waals surface area contributed by atoms with Crippen LogP contribution in [0.1, 0.15) is 77.7 Å². The molecule has 5 atom stereocenters. The molecule has 1 aromatic carbocycles. The maximum atomic E-state index is 14.7. The summed E-state index contributed by atoms with van der Waals surface area (Å²) in [5, 5.41) is 4.99. The van der Waals surface area contributed by atoms with Gasteiger partial charge >= 0.3 is 6.09 Å². The highest BCUT2D eigenvalue weighted by molar-refractivity contribution is 7.91. The second-order valence-corrected chi connectivity index (χ2v) is 17.6. The average molecular weight is 736 g/mol. The van der Waals surface area contributed by atoms with Crippen LogP contribution >= 0.6 is 0 Å². The van der Waals surface area contributed by atoms with Gasteiger partial charge in [0, 0.05) is 31.8 Å². The van der Waals surface area contributed by atoms with Crippen LogP contribution in [0.4, 0.5) is 4.79 Å². The molecule has 4 fully saturated rings. The van der Waals surface area contributed by atoms with Gasteiger partial charge in [0.1, 0.15) is 29.3 Å². The van der Waals surface area contributed by atoms with Gasteiger partial charge in [-0.05, 0) is 79.2 Å². The molecule has 1 aromatic heterocycles. The molecule has 0 radical (unpaired) electrons. The number of carbonyl (C=O) groups is 4. The largest absolute Gasteiger partial charge is 0.446 e. The minimum atomic E-state index is -3.90. The number of aromatic nitrogens is 1. The minimum Gasteiger partial charge on any atom is -0.446 e. The Kier molecular flexibility index (Phi) is 10.3. The van der Waals surface area contributed by atoms with E-state index in [1.807, 2.05) is 57.2 Å². The monoisotopic (exact) mass is 735 g/mol. The van der Waals surface area contributed by atoms with Gasteiger partial charge in [-0.15, -0.1) is 6.58 Å². The summed E-state index contributed by atoms with van der Waals surface area (Å²) in [7, 11) is -2.38. The van der Waals surface area contributed by atoms with Crippen LogP contribution in [0.15, 0.2) is 61.4 Å². The molecule has 3 N–H and O–H groups in total. The van der Waals surface area contributed by atoms with E-state index in [4.69, 9.17) is 9.47 Å². The van der Waals surface area contributed by atoms with Crippen molar-refractivity contribution < 1.29 is 37.1 Å². The Morgan fingerprint density at radius 2 is 1.62 bits per heavy atom. The molecule has 2 aromatic rings. The first-order valence-corrected chi connectivity index (χ1v) is 19.5. The van der Waals surface area contributed by atoms with Gasteiger partial charge in [-0.3, -0.25) is 24.1 Å². The van der Waals surface area contributed by atoms with E-state index < -0.39 is 73.6 Å².